The first-order valence-electron chi connectivity index (χ1n) is 4.78. The van der Waals surface area contributed by atoms with Crippen molar-refractivity contribution in [2.75, 3.05) is 0 Å². The normalized spacial score (nSPS) is 10.0. The monoisotopic (exact) mass is 200 g/mol. The third-order valence-electron chi connectivity index (χ3n) is 2.05. The highest BCUT2D eigenvalue weighted by Gasteiger charge is 2.01. The Hall–Kier alpha value is -1.90. The molecule has 0 spiro atoms. The average Bonchev–Trinajstić information content (AvgIpc) is 2.24. The maximum Gasteiger partial charge on any atom is 0.148 e. The van der Waals surface area contributed by atoms with Gasteiger partial charge in [0.15, 0.2) is 0 Å². The molecular formula is C12H12N2O. The number of pyridine rings is 2. The number of aromatic nitrogens is 2. The lowest BCUT2D eigenvalue weighted by atomic mass is 10.3. The molecule has 3 heteroatoms. The van der Waals surface area contributed by atoms with Gasteiger partial charge in [-0.25, -0.2) is 0 Å². The topological polar surface area (TPSA) is 35.0 Å². The number of hydrogen-bond donors (Lipinski definition) is 0. The quantitative estimate of drug-likeness (QED) is 0.747. The van der Waals surface area contributed by atoms with Gasteiger partial charge >= 0.3 is 0 Å². The molecule has 0 radical (unpaired) electrons. The van der Waals surface area contributed by atoms with Crippen LogP contribution in [0.25, 0.3) is 0 Å². The second-order valence-corrected chi connectivity index (χ2v) is 3.32. The van der Waals surface area contributed by atoms with Gasteiger partial charge in [-0.1, -0.05) is 0 Å². The number of nitrogens with zero attached hydrogens (tertiary/aromatic N) is 2. The molecular weight excluding hydrogens is 188 g/mol. The van der Waals surface area contributed by atoms with Crippen LogP contribution in [-0.4, -0.2) is 9.97 Å². The zero-order valence-electron chi connectivity index (χ0n) is 8.77. The van der Waals surface area contributed by atoms with Crippen LogP contribution in [0, 0.1) is 13.8 Å². The van der Waals surface area contributed by atoms with E-state index in [-0.39, 0.29) is 0 Å². The summed E-state index contributed by atoms with van der Waals surface area (Å²) in [7, 11) is 0. The molecule has 2 rings (SSSR count). The summed E-state index contributed by atoms with van der Waals surface area (Å²) >= 11 is 0. The lowest BCUT2D eigenvalue weighted by molar-refractivity contribution is 0.474. The van der Waals surface area contributed by atoms with Crippen LogP contribution in [0.3, 0.4) is 0 Å². The summed E-state index contributed by atoms with van der Waals surface area (Å²) < 4.78 is 5.66. The van der Waals surface area contributed by atoms with E-state index < -0.39 is 0 Å². The molecule has 2 aromatic rings. The minimum absolute atomic E-state index is 0.777. The van der Waals surface area contributed by atoms with Gasteiger partial charge in [0.2, 0.25) is 0 Å². The molecule has 0 saturated carbocycles. The predicted octanol–water partition coefficient (Wildman–Crippen LogP) is 2.89. The molecule has 0 amide bonds. The van der Waals surface area contributed by atoms with Gasteiger partial charge < -0.3 is 4.74 Å². The van der Waals surface area contributed by atoms with Crippen molar-refractivity contribution < 1.29 is 4.74 Å². The van der Waals surface area contributed by atoms with Crippen LogP contribution in [0.5, 0.6) is 11.5 Å². The zero-order chi connectivity index (χ0) is 10.7. The molecule has 0 bridgehead atoms. The Labute approximate surface area is 88.8 Å². The molecule has 15 heavy (non-hydrogen) atoms. The lowest BCUT2D eigenvalue weighted by Gasteiger charge is -2.07. The van der Waals surface area contributed by atoms with E-state index >= 15 is 0 Å². The molecule has 0 fully saturated rings. The van der Waals surface area contributed by atoms with Crippen LogP contribution >= 0.6 is 0 Å². The van der Waals surface area contributed by atoms with Crippen LogP contribution in [0.4, 0.5) is 0 Å². The van der Waals surface area contributed by atoms with E-state index in [0.29, 0.717) is 0 Å². The molecule has 0 N–H and O–H groups in total. The fourth-order valence-corrected chi connectivity index (χ4v) is 1.31. The van der Waals surface area contributed by atoms with Crippen molar-refractivity contribution in [1.82, 2.24) is 9.97 Å². The predicted molar refractivity (Wildman–Crippen MR) is 58.0 cm³/mol. The van der Waals surface area contributed by atoms with Gasteiger partial charge in [0.05, 0.1) is 5.69 Å². The Kier molecular flexibility index (Phi) is 2.63. The first-order chi connectivity index (χ1) is 7.25. The second kappa shape index (κ2) is 4.09. The first-order valence-corrected chi connectivity index (χ1v) is 4.78. The molecule has 0 atom stereocenters. The molecule has 2 heterocycles. The minimum Gasteiger partial charge on any atom is -0.455 e. The van der Waals surface area contributed by atoms with Gasteiger partial charge in [-0.2, -0.15) is 0 Å². The number of aryl methyl sites for hydroxylation is 2. The highest BCUT2D eigenvalue weighted by Crippen LogP contribution is 2.22. The van der Waals surface area contributed by atoms with Gasteiger partial charge in [-0.15, -0.1) is 0 Å². The maximum absolute atomic E-state index is 5.66. The van der Waals surface area contributed by atoms with Crippen LogP contribution < -0.4 is 4.74 Å². The van der Waals surface area contributed by atoms with Crippen molar-refractivity contribution >= 4 is 0 Å². The first kappa shape index (κ1) is 9.65. The summed E-state index contributed by atoms with van der Waals surface area (Å²) in [5, 5.41) is 0. The molecule has 3 nitrogen and oxygen atoms in total. The largest absolute Gasteiger partial charge is 0.455 e. The Morgan fingerprint density at radius 1 is 1.00 bits per heavy atom. The molecule has 2 aromatic heterocycles. The van der Waals surface area contributed by atoms with Crippen LogP contribution in [0.15, 0.2) is 36.7 Å². The molecule has 0 aliphatic heterocycles. The van der Waals surface area contributed by atoms with Crippen molar-refractivity contribution in [3.63, 3.8) is 0 Å². The fraction of sp³-hybridized carbons (Fsp3) is 0.167. The van der Waals surface area contributed by atoms with E-state index in [2.05, 4.69) is 9.97 Å². The van der Waals surface area contributed by atoms with E-state index in [4.69, 9.17) is 4.74 Å². The standard InChI is InChI=1S/C12H12N2O/c1-9-3-4-12(10(2)14-9)15-11-5-7-13-8-6-11/h3-8H,1-2H3. The lowest BCUT2D eigenvalue weighted by Crippen LogP contribution is -1.91. The third-order valence-corrected chi connectivity index (χ3v) is 2.05. The second-order valence-electron chi connectivity index (χ2n) is 3.32. The van der Waals surface area contributed by atoms with Crippen molar-refractivity contribution in [3.05, 3.63) is 48.0 Å². The van der Waals surface area contributed by atoms with Crippen molar-refractivity contribution in [1.29, 1.82) is 0 Å². The maximum atomic E-state index is 5.66. The van der Waals surface area contributed by atoms with Gasteiger partial charge in [-0.05, 0) is 38.1 Å². The summed E-state index contributed by atoms with van der Waals surface area (Å²) in [6.45, 7) is 3.90. The molecule has 0 saturated heterocycles. The SMILES string of the molecule is Cc1ccc(Oc2ccncc2)c(C)n1. The van der Waals surface area contributed by atoms with Crippen molar-refractivity contribution in [3.8, 4) is 11.5 Å². The van der Waals surface area contributed by atoms with E-state index in [1.54, 1.807) is 12.4 Å². The Balaban J connectivity index is 2.25. The van der Waals surface area contributed by atoms with Gasteiger partial charge in [0.1, 0.15) is 11.5 Å². The highest BCUT2D eigenvalue weighted by molar-refractivity contribution is 5.33. The molecule has 76 valence electrons. The Morgan fingerprint density at radius 3 is 2.40 bits per heavy atom. The van der Waals surface area contributed by atoms with Crippen molar-refractivity contribution in [2.45, 2.75) is 13.8 Å². The highest BCUT2D eigenvalue weighted by atomic mass is 16.5. The minimum atomic E-state index is 0.777. The summed E-state index contributed by atoms with van der Waals surface area (Å²) in [5.41, 5.74) is 1.89. The number of ether oxygens (including phenoxy) is 1. The Morgan fingerprint density at radius 2 is 1.73 bits per heavy atom. The average molecular weight is 200 g/mol. The molecule has 0 unspecified atom stereocenters. The summed E-state index contributed by atoms with van der Waals surface area (Å²) in [5.74, 6) is 1.56. The molecule has 0 aliphatic rings. The summed E-state index contributed by atoms with van der Waals surface area (Å²) in [6, 6.07) is 7.50. The van der Waals surface area contributed by atoms with Crippen molar-refractivity contribution in [2.24, 2.45) is 0 Å². The zero-order valence-corrected chi connectivity index (χ0v) is 8.77. The molecule has 0 aromatic carbocycles. The van der Waals surface area contributed by atoms with Gasteiger partial charge in [-0.3, -0.25) is 9.97 Å². The fourth-order valence-electron chi connectivity index (χ4n) is 1.31. The van der Waals surface area contributed by atoms with Crippen LogP contribution in [-0.2, 0) is 0 Å². The van der Waals surface area contributed by atoms with Crippen LogP contribution in [0.2, 0.25) is 0 Å². The van der Waals surface area contributed by atoms with E-state index in [1.807, 2.05) is 38.1 Å². The van der Waals surface area contributed by atoms with E-state index in [1.165, 1.54) is 0 Å². The van der Waals surface area contributed by atoms with E-state index in [0.717, 1.165) is 22.9 Å². The van der Waals surface area contributed by atoms with E-state index in [9.17, 15) is 0 Å². The number of rotatable bonds is 2. The third kappa shape index (κ3) is 2.31. The smallest absolute Gasteiger partial charge is 0.148 e. The van der Waals surface area contributed by atoms with Gasteiger partial charge in [0, 0.05) is 18.1 Å². The van der Waals surface area contributed by atoms with Gasteiger partial charge in [0.25, 0.3) is 0 Å². The molecule has 0 aliphatic carbocycles. The van der Waals surface area contributed by atoms with Crippen LogP contribution in [0.1, 0.15) is 11.4 Å². The summed E-state index contributed by atoms with van der Waals surface area (Å²) in [4.78, 5) is 8.26. The number of hydrogen-bond acceptors (Lipinski definition) is 3. The summed E-state index contributed by atoms with van der Waals surface area (Å²) in [6.07, 6.45) is 3.40. The Bertz CT molecular complexity index is 454.